The van der Waals surface area contributed by atoms with Crippen LogP contribution in [0.3, 0.4) is 0 Å². The van der Waals surface area contributed by atoms with Gasteiger partial charge in [0.1, 0.15) is 0 Å². The van der Waals surface area contributed by atoms with Crippen LogP contribution in [-0.4, -0.2) is 40.8 Å². The van der Waals surface area contributed by atoms with Crippen molar-refractivity contribution in [3.05, 3.63) is 29.6 Å². The summed E-state index contributed by atoms with van der Waals surface area (Å²) in [7, 11) is 0. The van der Waals surface area contributed by atoms with Crippen LogP contribution in [0.25, 0.3) is 0 Å². The number of hydrogen-bond donors (Lipinski definition) is 1. The second kappa shape index (κ2) is 7.98. The molecule has 116 valence electrons. The van der Waals surface area contributed by atoms with Crippen molar-refractivity contribution in [1.82, 2.24) is 9.88 Å². The molecule has 0 aromatic carbocycles. The van der Waals surface area contributed by atoms with Crippen LogP contribution in [-0.2, 0) is 11.3 Å². The SMILES string of the molecule is CCCCOC(=O)N1CCC(c2cccnc2CO)CC1. The average Bonchev–Trinajstić information content (AvgIpc) is 2.55. The minimum Gasteiger partial charge on any atom is -0.449 e. The lowest BCUT2D eigenvalue weighted by molar-refractivity contribution is 0.0914. The van der Waals surface area contributed by atoms with Gasteiger partial charge in [-0.05, 0) is 36.8 Å². The lowest BCUT2D eigenvalue weighted by Crippen LogP contribution is -2.38. The molecular weight excluding hydrogens is 268 g/mol. The molecule has 1 aromatic heterocycles. The molecular formula is C16H24N2O3. The molecule has 0 spiro atoms. The van der Waals surface area contributed by atoms with Gasteiger partial charge in [-0.2, -0.15) is 0 Å². The van der Waals surface area contributed by atoms with Crippen LogP contribution in [0.1, 0.15) is 49.8 Å². The smallest absolute Gasteiger partial charge is 0.409 e. The highest BCUT2D eigenvalue weighted by Gasteiger charge is 2.26. The molecule has 1 aliphatic rings. The van der Waals surface area contributed by atoms with E-state index in [2.05, 4.69) is 11.9 Å². The van der Waals surface area contributed by atoms with Crippen LogP contribution in [0, 0.1) is 0 Å². The van der Waals surface area contributed by atoms with Crippen molar-refractivity contribution in [1.29, 1.82) is 0 Å². The van der Waals surface area contributed by atoms with E-state index in [9.17, 15) is 9.90 Å². The zero-order valence-electron chi connectivity index (χ0n) is 12.6. The third kappa shape index (κ3) is 4.17. The zero-order valence-corrected chi connectivity index (χ0v) is 12.6. The van der Waals surface area contributed by atoms with E-state index in [4.69, 9.17) is 4.74 Å². The molecule has 0 unspecified atom stereocenters. The van der Waals surface area contributed by atoms with Gasteiger partial charge >= 0.3 is 6.09 Å². The van der Waals surface area contributed by atoms with Crippen LogP contribution in [0.4, 0.5) is 4.79 Å². The number of likely N-dealkylation sites (tertiary alicyclic amines) is 1. The fourth-order valence-electron chi connectivity index (χ4n) is 2.72. The van der Waals surface area contributed by atoms with E-state index in [1.165, 1.54) is 0 Å². The summed E-state index contributed by atoms with van der Waals surface area (Å²) in [5, 5.41) is 9.36. The van der Waals surface area contributed by atoms with Crippen molar-refractivity contribution in [2.45, 2.75) is 45.1 Å². The number of nitrogens with zero attached hydrogens (tertiary/aromatic N) is 2. The normalized spacial score (nSPS) is 16.0. The molecule has 5 nitrogen and oxygen atoms in total. The van der Waals surface area contributed by atoms with Gasteiger partial charge in [-0.1, -0.05) is 19.4 Å². The van der Waals surface area contributed by atoms with Gasteiger partial charge in [0.15, 0.2) is 0 Å². The van der Waals surface area contributed by atoms with Crippen LogP contribution in [0.15, 0.2) is 18.3 Å². The first kappa shape index (κ1) is 15.8. The first-order valence-corrected chi connectivity index (χ1v) is 7.72. The highest BCUT2D eigenvalue weighted by atomic mass is 16.6. The number of piperidine rings is 1. The Morgan fingerprint density at radius 3 is 2.90 bits per heavy atom. The molecule has 0 bridgehead atoms. The molecule has 1 saturated heterocycles. The summed E-state index contributed by atoms with van der Waals surface area (Å²) in [6.45, 7) is 3.96. The number of rotatable bonds is 5. The highest BCUT2D eigenvalue weighted by Crippen LogP contribution is 2.29. The summed E-state index contributed by atoms with van der Waals surface area (Å²) in [5.74, 6) is 0.362. The molecule has 0 atom stereocenters. The molecule has 0 saturated carbocycles. The quantitative estimate of drug-likeness (QED) is 0.848. The summed E-state index contributed by atoms with van der Waals surface area (Å²) in [6.07, 6.45) is 5.23. The van der Waals surface area contributed by atoms with Crippen molar-refractivity contribution in [3.63, 3.8) is 0 Å². The van der Waals surface area contributed by atoms with Crippen molar-refractivity contribution in [3.8, 4) is 0 Å². The van der Waals surface area contributed by atoms with E-state index < -0.39 is 0 Å². The molecule has 2 heterocycles. The van der Waals surface area contributed by atoms with Crippen LogP contribution < -0.4 is 0 Å². The van der Waals surface area contributed by atoms with Gasteiger partial charge in [0.25, 0.3) is 0 Å². The molecule has 21 heavy (non-hydrogen) atoms. The van der Waals surface area contributed by atoms with Crippen LogP contribution in [0.5, 0.6) is 0 Å². The number of ether oxygens (including phenoxy) is 1. The largest absolute Gasteiger partial charge is 0.449 e. The maximum absolute atomic E-state index is 11.9. The van der Waals surface area contributed by atoms with Gasteiger partial charge in [-0.3, -0.25) is 4.98 Å². The monoisotopic (exact) mass is 292 g/mol. The molecule has 1 N–H and O–H groups in total. The fraction of sp³-hybridized carbons (Fsp3) is 0.625. The average molecular weight is 292 g/mol. The number of carbonyl (C=O) groups is 1. The van der Waals surface area contributed by atoms with Crippen LogP contribution in [0.2, 0.25) is 0 Å². The Bertz CT molecular complexity index is 457. The third-order valence-corrected chi connectivity index (χ3v) is 3.99. The minimum absolute atomic E-state index is 0.0323. The number of aliphatic hydroxyl groups excluding tert-OH is 1. The van der Waals surface area contributed by atoms with Gasteiger partial charge < -0.3 is 14.7 Å². The number of carbonyl (C=O) groups excluding carboxylic acids is 1. The summed E-state index contributed by atoms with van der Waals surface area (Å²) in [6, 6.07) is 3.93. The standard InChI is InChI=1S/C16H24N2O3/c1-2-3-11-21-16(20)18-9-6-13(7-10-18)14-5-4-8-17-15(14)12-19/h4-5,8,13,19H,2-3,6-7,9-12H2,1H3. The second-order valence-corrected chi connectivity index (χ2v) is 5.43. The predicted octanol–water partition coefficient (Wildman–Crippen LogP) is 2.69. The van der Waals surface area contributed by atoms with Gasteiger partial charge in [0.2, 0.25) is 0 Å². The van der Waals surface area contributed by atoms with E-state index in [0.29, 0.717) is 25.6 Å². The number of hydrogen-bond acceptors (Lipinski definition) is 4. The number of aliphatic hydroxyl groups is 1. The van der Waals surface area contributed by atoms with Gasteiger partial charge in [-0.25, -0.2) is 4.79 Å². The Morgan fingerprint density at radius 2 is 2.24 bits per heavy atom. The number of aromatic nitrogens is 1. The Labute approximate surface area is 125 Å². The summed E-state index contributed by atoms with van der Waals surface area (Å²) in [5.41, 5.74) is 1.86. The lowest BCUT2D eigenvalue weighted by atomic mass is 9.88. The van der Waals surface area contributed by atoms with Crippen molar-refractivity contribution >= 4 is 6.09 Å². The zero-order chi connectivity index (χ0) is 15.1. The number of unbranched alkanes of at least 4 members (excludes halogenated alkanes) is 1. The van der Waals surface area contributed by atoms with Crippen molar-refractivity contribution in [2.24, 2.45) is 0 Å². The summed E-state index contributed by atoms with van der Waals surface area (Å²) < 4.78 is 5.24. The first-order chi connectivity index (χ1) is 10.3. The van der Waals surface area contributed by atoms with E-state index in [1.807, 2.05) is 12.1 Å². The molecule has 5 heteroatoms. The molecule has 0 aliphatic carbocycles. The van der Waals surface area contributed by atoms with E-state index in [0.717, 1.165) is 36.9 Å². The molecule has 0 radical (unpaired) electrons. The van der Waals surface area contributed by atoms with Crippen LogP contribution >= 0.6 is 0 Å². The highest BCUT2D eigenvalue weighted by molar-refractivity contribution is 5.67. The number of pyridine rings is 1. The third-order valence-electron chi connectivity index (χ3n) is 3.99. The van der Waals surface area contributed by atoms with E-state index in [1.54, 1.807) is 11.1 Å². The summed E-state index contributed by atoms with van der Waals surface area (Å²) >= 11 is 0. The topological polar surface area (TPSA) is 62.7 Å². The van der Waals surface area contributed by atoms with Crippen molar-refractivity contribution in [2.75, 3.05) is 19.7 Å². The molecule has 1 amide bonds. The molecule has 2 rings (SSSR count). The molecule has 1 aromatic rings. The maximum atomic E-state index is 11.9. The predicted molar refractivity (Wildman–Crippen MR) is 80.0 cm³/mol. The van der Waals surface area contributed by atoms with Crippen molar-refractivity contribution < 1.29 is 14.6 Å². The lowest BCUT2D eigenvalue weighted by Gasteiger charge is -2.32. The fourth-order valence-corrected chi connectivity index (χ4v) is 2.72. The maximum Gasteiger partial charge on any atom is 0.409 e. The first-order valence-electron chi connectivity index (χ1n) is 7.72. The molecule has 1 aliphatic heterocycles. The van der Waals surface area contributed by atoms with Gasteiger partial charge in [-0.15, -0.1) is 0 Å². The van der Waals surface area contributed by atoms with E-state index >= 15 is 0 Å². The Hall–Kier alpha value is -1.62. The minimum atomic E-state index is -0.199. The van der Waals surface area contributed by atoms with Gasteiger partial charge in [0.05, 0.1) is 18.9 Å². The second-order valence-electron chi connectivity index (χ2n) is 5.43. The van der Waals surface area contributed by atoms with E-state index in [-0.39, 0.29) is 12.7 Å². The summed E-state index contributed by atoms with van der Waals surface area (Å²) in [4.78, 5) is 17.9. The number of amides is 1. The Kier molecular flexibility index (Phi) is 5.99. The Balaban J connectivity index is 1.87. The molecule has 1 fully saturated rings. The van der Waals surface area contributed by atoms with Gasteiger partial charge in [0, 0.05) is 19.3 Å². The Morgan fingerprint density at radius 1 is 1.48 bits per heavy atom.